The second kappa shape index (κ2) is 5.99. The molecule has 1 N–H and O–H groups in total. The van der Waals surface area contributed by atoms with E-state index in [1.807, 2.05) is 0 Å². The van der Waals surface area contributed by atoms with Crippen LogP contribution in [0.4, 0.5) is 0 Å². The smallest absolute Gasteiger partial charge is 0.0702 e. The molecule has 0 bridgehead atoms. The molecule has 0 saturated carbocycles. The molecule has 0 radical (unpaired) electrons. The van der Waals surface area contributed by atoms with Crippen molar-refractivity contribution in [3.63, 3.8) is 0 Å². The highest BCUT2D eigenvalue weighted by Gasteiger charge is 2.24. The van der Waals surface area contributed by atoms with Gasteiger partial charge in [-0.3, -0.25) is 0 Å². The van der Waals surface area contributed by atoms with E-state index >= 15 is 0 Å². The Labute approximate surface area is 99.5 Å². The summed E-state index contributed by atoms with van der Waals surface area (Å²) in [6, 6.07) is 0.681. The predicted molar refractivity (Wildman–Crippen MR) is 66.7 cm³/mol. The zero-order valence-electron chi connectivity index (χ0n) is 10.7. The van der Waals surface area contributed by atoms with Gasteiger partial charge in [0.25, 0.3) is 0 Å². The quantitative estimate of drug-likeness (QED) is 0.786. The van der Waals surface area contributed by atoms with E-state index in [1.165, 1.54) is 38.8 Å². The maximum atomic E-state index is 5.68. The van der Waals surface area contributed by atoms with Gasteiger partial charge in [0.05, 0.1) is 6.10 Å². The zero-order chi connectivity index (χ0) is 11.4. The lowest BCUT2D eigenvalue weighted by atomic mass is 9.92. The first-order valence-electron chi connectivity index (χ1n) is 6.79. The maximum Gasteiger partial charge on any atom is 0.0702 e. The monoisotopic (exact) mass is 226 g/mol. The number of hydrogen-bond donors (Lipinski definition) is 1. The molecule has 3 nitrogen and oxygen atoms in total. The average Bonchev–Trinajstić information content (AvgIpc) is 2.74. The van der Waals surface area contributed by atoms with Gasteiger partial charge in [-0.1, -0.05) is 6.92 Å². The number of nitrogens with zero attached hydrogens (tertiary/aromatic N) is 1. The molecule has 3 heteroatoms. The van der Waals surface area contributed by atoms with E-state index in [9.17, 15) is 0 Å². The lowest BCUT2D eigenvalue weighted by Crippen LogP contribution is -2.48. The van der Waals surface area contributed by atoms with Crippen LogP contribution in [0.2, 0.25) is 0 Å². The number of rotatable bonds is 4. The van der Waals surface area contributed by atoms with Gasteiger partial charge in [-0.25, -0.2) is 0 Å². The summed E-state index contributed by atoms with van der Waals surface area (Å²) in [7, 11) is 2.23. The molecule has 0 amide bonds. The van der Waals surface area contributed by atoms with Crippen LogP contribution in [0.25, 0.3) is 0 Å². The summed E-state index contributed by atoms with van der Waals surface area (Å²) in [5.74, 6) is 0.820. The van der Waals surface area contributed by atoms with Gasteiger partial charge in [0.1, 0.15) is 0 Å². The van der Waals surface area contributed by atoms with Crippen molar-refractivity contribution in [2.45, 2.75) is 44.8 Å². The van der Waals surface area contributed by atoms with E-state index in [-0.39, 0.29) is 0 Å². The predicted octanol–water partition coefficient (Wildman–Crippen LogP) is 1.49. The van der Waals surface area contributed by atoms with Gasteiger partial charge in [-0.15, -0.1) is 0 Å². The molecule has 2 aliphatic heterocycles. The minimum absolute atomic E-state index is 0.490. The number of hydrogen-bond acceptors (Lipinski definition) is 3. The molecule has 0 aromatic heterocycles. The van der Waals surface area contributed by atoms with Crippen molar-refractivity contribution < 1.29 is 4.74 Å². The lowest BCUT2D eigenvalue weighted by Gasteiger charge is -2.34. The Morgan fingerprint density at radius 2 is 2.12 bits per heavy atom. The summed E-state index contributed by atoms with van der Waals surface area (Å²) in [6.45, 7) is 6.81. The first-order valence-corrected chi connectivity index (χ1v) is 6.79. The highest BCUT2D eigenvalue weighted by atomic mass is 16.5. The fourth-order valence-corrected chi connectivity index (χ4v) is 2.90. The Bertz CT molecular complexity index is 204. The summed E-state index contributed by atoms with van der Waals surface area (Å²) in [6.07, 6.45) is 5.71. The summed E-state index contributed by atoms with van der Waals surface area (Å²) < 4.78 is 5.68. The van der Waals surface area contributed by atoms with E-state index in [4.69, 9.17) is 4.74 Å². The third kappa shape index (κ3) is 3.44. The molecule has 2 rings (SSSR count). The lowest BCUT2D eigenvalue weighted by molar-refractivity contribution is 0.0746. The first-order chi connectivity index (χ1) is 7.75. The third-order valence-electron chi connectivity index (χ3n) is 3.98. The molecule has 0 aromatic carbocycles. The Morgan fingerprint density at radius 3 is 2.81 bits per heavy atom. The van der Waals surface area contributed by atoms with Crippen LogP contribution in [0.5, 0.6) is 0 Å². The summed E-state index contributed by atoms with van der Waals surface area (Å²) in [5.41, 5.74) is 0. The molecule has 2 fully saturated rings. The number of nitrogens with one attached hydrogen (secondary N) is 1. The van der Waals surface area contributed by atoms with Crippen LogP contribution in [0.15, 0.2) is 0 Å². The Hall–Kier alpha value is -0.120. The molecular weight excluding hydrogens is 200 g/mol. The molecule has 2 heterocycles. The Balaban J connectivity index is 1.70. The molecule has 3 atom stereocenters. The molecule has 0 spiro atoms. The van der Waals surface area contributed by atoms with Crippen molar-refractivity contribution in [1.29, 1.82) is 0 Å². The van der Waals surface area contributed by atoms with Crippen molar-refractivity contribution in [3.05, 3.63) is 0 Å². The van der Waals surface area contributed by atoms with Gasteiger partial charge in [0.2, 0.25) is 0 Å². The Kier molecular flexibility index (Phi) is 4.62. The second-order valence-electron chi connectivity index (χ2n) is 5.54. The van der Waals surface area contributed by atoms with Crippen LogP contribution < -0.4 is 5.32 Å². The summed E-state index contributed by atoms with van der Waals surface area (Å²) in [4.78, 5) is 2.44. The van der Waals surface area contributed by atoms with Crippen LogP contribution >= 0.6 is 0 Å². The van der Waals surface area contributed by atoms with Crippen LogP contribution in [0.3, 0.4) is 0 Å². The van der Waals surface area contributed by atoms with Crippen molar-refractivity contribution in [2.24, 2.45) is 5.92 Å². The Morgan fingerprint density at radius 1 is 1.25 bits per heavy atom. The normalized spacial score (nSPS) is 35.8. The molecule has 2 aliphatic rings. The van der Waals surface area contributed by atoms with Crippen molar-refractivity contribution in [2.75, 3.05) is 33.3 Å². The highest BCUT2D eigenvalue weighted by Crippen LogP contribution is 2.17. The second-order valence-corrected chi connectivity index (χ2v) is 5.54. The zero-order valence-corrected chi connectivity index (χ0v) is 10.7. The van der Waals surface area contributed by atoms with Crippen molar-refractivity contribution in [3.8, 4) is 0 Å². The van der Waals surface area contributed by atoms with Crippen molar-refractivity contribution >= 4 is 0 Å². The largest absolute Gasteiger partial charge is 0.377 e. The number of piperidine rings is 1. The van der Waals surface area contributed by atoms with E-state index in [2.05, 4.69) is 24.2 Å². The van der Waals surface area contributed by atoms with Gasteiger partial charge in [-0.05, 0) is 45.2 Å². The molecule has 16 heavy (non-hydrogen) atoms. The van der Waals surface area contributed by atoms with Crippen LogP contribution in [0, 0.1) is 5.92 Å². The first kappa shape index (κ1) is 12.3. The van der Waals surface area contributed by atoms with Gasteiger partial charge in [-0.2, -0.15) is 0 Å². The van der Waals surface area contributed by atoms with Gasteiger partial charge >= 0.3 is 0 Å². The average molecular weight is 226 g/mol. The highest BCUT2D eigenvalue weighted by molar-refractivity contribution is 4.81. The SMILES string of the molecule is CC1CCCNC1CN(C)CC1CCCO1. The van der Waals surface area contributed by atoms with Crippen LogP contribution in [0.1, 0.15) is 32.6 Å². The molecule has 94 valence electrons. The topological polar surface area (TPSA) is 24.5 Å². The molecule has 0 aliphatic carbocycles. The van der Waals surface area contributed by atoms with Crippen LogP contribution in [-0.2, 0) is 4.74 Å². The minimum Gasteiger partial charge on any atom is -0.377 e. The standard InChI is InChI=1S/C13H26N2O/c1-11-5-3-7-14-13(11)10-15(2)9-12-6-4-8-16-12/h11-14H,3-10H2,1-2H3. The van der Waals surface area contributed by atoms with Gasteiger partial charge in [0, 0.05) is 25.7 Å². The van der Waals surface area contributed by atoms with Gasteiger partial charge in [0.15, 0.2) is 0 Å². The number of likely N-dealkylation sites (N-methyl/N-ethyl adjacent to an activating group) is 1. The molecular formula is C13H26N2O. The minimum atomic E-state index is 0.490. The van der Waals surface area contributed by atoms with E-state index < -0.39 is 0 Å². The summed E-state index contributed by atoms with van der Waals surface area (Å²) >= 11 is 0. The third-order valence-corrected chi connectivity index (χ3v) is 3.98. The fourth-order valence-electron chi connectivity index (χ4n) is 2.90. The molecule has 3 unspecified atom stereocenters. The van der Waals surface area contributed by atoms with E-state index in [0.29, 0.717) is 12.1 Å². The van der Waals surface area contributed by atoms with Crippen molar-refractivity contribution in [1.82, 2.24) is 10.2 Å². The molecule has 2 saturated heterocycles. The van der Waals surface area contributed by atoms with E-state index in [0.717, 1.165) is 19.1 Å². The van der Waals surface area contributed by atoms with Crippen LogP contribution in [-0.4, -0.2) is 50.3 Å². The van der Waals surface area contributed by atoms with Gasteiger partial charge < -0.3 is 15.0 Å². The van der Waals surface area contributed by atoms with E-state index in [1.54, 1.807) is 0 Å². The fraction of sp³-hybridized carbons (Fsp3) is 1.00. The maximum absolute atomic E-state index is 5.68. The molecule has 0 aromatic rings. The summed E-state index contributed by atoms with van der Waals surface area (Å²) in [5, 5.41) is 3.64. The number of ether oxygens (including phenoxy) is 1.